The topological polar surface area (TPSA) is 37.3 Å². The predicted octanol–water partition coefficient (Wildman–Crippen LogP) is 1.87. The Morgan fingerprint density at radius 2 is 2.00 bits per heavy atom. The Kier molecular flexibility index (Phi) is 2.19. The molecule has 1 N–H and O–H groups in total. The van der Waals surface area contributed by atoms with Crippen LogP contribution in [0.2, 0.25) is 0 Å². The van der Waals surface area contributed by atoms with Gasteiger partial charge in [0.05, 0.1) is 5.41 Å². The highest BCUT2D eigenvalue weighted by atomic mass is 35.5. The first-order chi connectivity index (χ1) is 4.71. The Hall–Kier alpha value is -0.240. The number of hydrogen-bond donors (Lipinski definition) is 1. The maximum Gasteiger partial charge on any atom is 0.310 e. The van der Waals surface area contributed by atoms with Crippen molar-refractivity contribution in [1.29, 1.82) is 0 Å². The third kappa shape index (κ3) is 1.12. The second kappa shape index (κ2) is 2.79. The minimum atomic E-state index is -0.722. The Morgan fingerprint density at radius 1 is 1.50 bits per heavy atom. The number of hydrogen-bond acceptors (Lipinski definition) is 1. The molecule has 1 fully saturated rings. The summed E-state index contributed by atoms with van der Waals surface area (Å²) in [5.41, 5.74) is -0.582. The number of carbonyl (C=O) groups is 1. The number of alkyl halides is 1. The van der Waals surface area contributed by atoms with Gasteiger partial charge in [-0.05, 0) is 12.8 Å². The lowest BCUT2D eigenvalue weighted by Gasteiger charge is -2.19. The normalized spacial score (nSPS) is 22.9. The molecule has 0 saturated heterocycles. The summed E-state index contributed by atoms with van der Waals surface area (Å²) < 4.78 is 0. The van der Waals surface area contributed by atoms with Crippen LogP contribution in [0.1, 0.15) is 25.7 Å². The van der Waals surface area contributed by atoms with E-state index >= 15 is 0 Å². The molecule has 0 aliphatic heterocycles. The number of aliphatic carboxylic acids is 1. The second-order valence-electron chi connectivity index (χ2n) is 2.93. The molecule has 0 atom stereocenters. The Morgan fingerprint density at radius 3 is 2.20 bits per heavy atom. The average Bonchev–Trinajstić information content (AvgIpc) is 2.35. The third-order valence-corrected chi connectivity index (χ3v) is 2.78. The zero-order chi connectivity index (χ0) is 7.61. The van der Waals surface area contributed by atoms with E-state index in [9.17, 15) is 4.79 Å². The SMILES string of the molecule is O=C(O)C1(CCl)CCCC1. The molecule has 1 aliphatic carbocycles. The van der Waals surface area contributed by atoms with Crippen LogP contribution in [0.15, 0.2) is 0 Å². The summed E-state index contributed by atoms with van der Waals surface area (Å²) >= 11 is 5.58. The maximum absolute atomic E-state index is 10.7. The number of carboxylic acids is 1. The van der Waals surface area contributed by atoms with E-state index in [4.69, 9.17) is 16.7 Å². The van der Waals surface area contributed by atoms with Gasteiger partial charge in [0.15, 0.2) is 0 Å². The van der Waals surface area contributed by atoms with Gasteiger partial charge in [-0.3, -0.25) is 4.79 Å². The molecular weight excluding hydrogens is 152 g/mol. The third-order valence-electron chi connectivity index (χ3n) is 2.27. The molecule has 58 valence electrons. The fraction of sp³-hybridized carbons (Fsp3) is 0.857. The lowest BCUT2D eigenvalue weighted by atomic mass is 9.89. The van der Waals surface area contributed by atoms with E-state index in [1.807, 2.05) is 0 Å². The molecule has 0 amide bonds. The lowest BCUT2D eigenvalue weighted by Crippen LogP contribution is -2.29. The van der Waals surface area contributed by atoms with Crippen molar-refractivity contribution in [3.8, 4) is 0 Å². The highest BCUT2D eigenvalue weighted by Gasteiger charge is 2.40. The van der Waals surface area contributed by atoms with Crippen molar-refractivity contribution < 1.29 is 9.90 Å². The van der Waals surface area contributed by atoms with Gasteiger partial charge in [-0.15, -0.1) is 11.6 Å². The summed E-state index contributed by atoms with van der Waals surface area (Å²) in [5, 5.41) is 8.78. The van der Waals surface area contributed by atoms with Gasteiger partial charge in [0.25, 0.3) is 0 Å². The van der Waals surface area contributed by atoms with Crippen molar-refractivity contribution in [2.75, 3.05) is 5.88 Å². The summed E-state index contributed by atoms with van der Waals surface area (Å²) in [6, 6.07) is 0. The van der Waals surface area contributed by atoms with Gasteiger partial charge < -0.3 is 5.11 Å². The molecule has 3 heteroatoms. The molecule has 2 nitrogen and oxygen atoms in total. The largest absolute Gasteiger partial charge is 0.481 e. The van der Waals surface area contributed by atoms with Gasteiger partial charge in [-0.1, -0.05) is 12.8 Å². The van der Waals surface area contributed by atoms with Crippen molar-refractivity contribution in [3.05, 3.63) is 0 Å². The first-order valence-corrected chi connectivity index (χ1v) is 4.04. The van der Waals surface area contributed by atoms with E-state index < -0.39 is 11.4 Å². The maximum atomic E-state index is 10.7. The van der Waals surface area contributed by atoms with E-state index in [1.165, 1.54) is 0 Å². The Labute approximate surface area is 65.2 Å². The van der Waals surface area contributed by atoms with Crippen molar-refractivity contribution in [1.82, 2.24) is 0 Å². The number of carboxylic acid groups (broad SMARTS) is 1. The lowest BCUT2D eigenvalue weighted by molar-refractivity contribution is -0.147. The molecule has 0 aromatic rings. The van der Waals surface area contributed by atoms with Crippen LogP contribution in [0.5, 0.6) is 0 Å². The van der Waals surface area contributed by atoms with Gasteiger partial charge in [0, 0.05) is 5.88 Å². The average molecular weight is 163 g/mol. The standard InChI is InChI=1S/C7H11ClO2/c8-5-7(6(9)10)3-1-2-4-7/h1-5H2,(H,9,10). The molecule has 10 heavy (non-hydrogen) atoms. The van der Waals surface area contributed by atoms with Crippen LogP contribution < -0.4 is 0 Å². The van der Waals surface area contributed by atoms with Gasteiger partial charge in [0.1, 0.15) is 0 Å². The first-order valence-electron chi connectivity index (χ1n) is 3.51. The van der Waals surface area contributed by atoms with Crippen molar-refractivity contribution in [2.45, 2.75) is 25.7 Å². The fourth-order valence-electron chi connectivity index (χ4n) is 1.46. The molecule has 1 aliphatic rings. The molecule has 0 aromatic heterocycles. The van der Waals surface area contributed by atoms with Crippen LogP contribution >= 0.6 is 11.6 Å². The minimum Gasteiger partial charge on any atom is -0.481 e. The Bertz CT molecular complexity index is 139. The fourth-order valence-corrected chi connectivity index (χ4v) is 1.84. The van der Waals surface area contributed by atoms with E-state index in [0.29, 0.717) is 0 Å². The summed E-state index contributed by atoms with van der Waals surface area (Å²) in [6.45, 7) is 0. The molecule has 0 unspecified atom stereocenters. The molecule has 0 bridgehead atoms. The predicted molar refractivity (Wildman–Crippen MR) is 39.3 cm³/mol. The van der Waals surface area contributed by atoms with Crippen LogP contribution in [0.3, 0.4) is 0 Å². The van der Waals surface area contributed by atoms with Crippen molar-refractivity contribution >= 4 is 17.6 Å². The molecule has 0 heterocycles. The second-order valence-corrected chi connectivity index (χ2v) is 3.19. The molecular formula is C7H11ClO2. The van der Waals surface area contributed by atoms with Crippen LogP contribution in [0, 0.1) is 5.41 Å². The van der Waals surface area contributed by atoms with Crippen molar-refractivity contribution in [3.63, 3.8) is 0 Å². The van der Waals surface area contributed by atoms with Gasteiger partial charge in [-0.25, -0.2) is 0 Å². The summed E-state index contributed by atoms with van der Waals surface area (Å²) in [5.74, 6) is -0.456. The van der Waals surface area contributed by atoms with Crippen LogP contribution in [-0.4, -0.2) is 17.0 Å². The number of rotatable bonds is 2. The molecule has 0 spiro atoms. The highest BCUT2D eigenvalue weighted by molar-refractivity contribution is 6.19. The quantitative estimate of drug-likeness (QED) is 0.630. The zero-order valence-corrected chi connectivity index (χ0v) is 6.52. The van der Waals surface area contributed by atoms with Gasteiger partial charge in [0.2, 0.25) is 0 Å². The van der Waals surface area contributed by atoms with Crippen LogP contribution in [0.25, 0.3) is 0 Å². The molecule has 1 rings (SSSR count). The highest BCUT2D eigenvalue weighted by Crippen LogP contribution is 2.39. The van der Waals surface area contributed by atoms with E-state index in [-0.39, 0.29) is 5.88 Å². The molecule has 0 radical (unpaired) electrons. The smallest absolute Gasteiger partial charge is 0.310 e. The number of halogens is 1. The van der Waals surface area contributed by atoms with E-state index in [1.54, 1.807) is 0 Å². The molecule has 0 aromatic carbocycles. The Balaban J connectivity index is 2.67. The van der Waals surface area contributed by atoms with Crippen LogP contribution in [0.4, 0.5) is 0 Å². The van der Waals surface area contributed by atoms with E-state index in [2.05, 4.69) is 0 Å². The van der Waals surface area contributed by atoms with Gasteiger partial charge >= 0.3 is 5.97 Å². The summed E-state index contributed by atoms with van der Waals surface area (Å²) in [7, 11) is 0. The van der Waals surface area contributed by atoms with Crippen LogP contribution in [-0.2, 0) is 4.79 Å². The van der Waals surface area contributed by atoms with Gasteiger partial charge in [-0.2, -0.15) is 0 Å². The molecule has 1 saturated carbocycles. The summed E-state index contributed by atoms with van der Waals surface area (Å²) in [6.07, 6.45) is 3.54. The van der Waals surface area contributed by atoms with E-state index in [0.717, 1.165) is 25.7 Å². The first kappa shape index (κ1) is 7.86. The minimum absolute atomic E-state index is 0.266. The summed E-state index contributed by atoms with van der Waals surface area (Å²) in [4.78, 5) is 10.7. The zero-order valence-electron chi connectivity index (χ0n) is 5.77. The van der Waals surface area contributed by atoms with Crippen molar-refractivity contribution in [2.24, 2.45) is 5.41 Å². The monoisotopic (exact) mass is 162 g/mol.